The molecule has 2 aliphatic carbocycles. The van der Waals surface area contributed by atoms with Crippen LogP contribution in [0, 0.1) is 16.7 Å². The summed E-state index contributed by atoms with van der Waals surface area (Å²) in [6.45, 7) is 8.97. The van der Waals surface area contributed by atoms with Gasteiger partial charge in [0.1, 0.15) is 12.1 Å². The Morgan fingerprint density at radius 2 is 2.11 bits per heavy atom. The lowest BCUT2D eigenvalue weighted by atomic mass is 9.70. The summed E-state index contributed by atoms with van der Waals surface area (Å²) in [5.41, 5.74) is 6.26. The molecule has 2 fully saturated rings. The normalized spacial score (nSPS) is 38.7. The van der Waals surface area contributed by atoms with Gasteiger partial charge in [-0.1, -0.05) is 34.1 Å². The summed E-state index contributed by atoms with van der Waals surface area (Å²) in [6.07, 6.45) is 5.18. The van der Waals surface area contributed by atoms with Crippen molar-refractivity contribution >= 4 is 5.97 Å². The molecule has 4 atom stereocenters. The molecule has 0 saturated heterocycles. The maximum atomic E-state index is 12.0. The minimum atomic E-state index is -0.444. The number of carbonyl (C=O) groups excluding carboxylic acids is 1. The minimum Gasteiger partial charge on any atom is -0.461 e. The second kappa shape index (κ2) is 4.52. The fourth-order valence-electron chi connectivity index (χ4n) is 3.96. The molecule has 3 nitrogen and oxygen atoms in total. The van der Waals surface area contributed by atoms with Gasteiger partial charge in [-0.05, 0) is 37.0 Å². The van der Waals surface area contributed by atoms with Gasteiger partial charge in [0.15, 0.2) is 0 Å². The number of rotatable bonds is 4. The zero-order valence-electron chi connectivity index (χ0n) is 12.2. The van der Waals surface area contributed by atoms with Crippen LogP contribution >= 0.6 is 0 Å². The Morgan fingerprint density at radius 3 is 2.56 bits per heavy atom. The summed E-state index contributed by atoms with van der Waals surface area (Å²) in [6, 6.07) is -0.444. The summed E-state index contributed by atoms with van der Waals surface area (Å²) >= 11 is 0. The van der Waals surface area contributed by atoms with Gasteiger partial charge < -0.3 is 10.5 Å². The van der Waals surface area contributed by atoms with Crippen LogP contribution in [-0.4, -0.2) is 18.1 Å². The van der Waals surface area contributed by atoms with E-state index in [-0.39, 0.29) is 22.9 Å². The van der Waals surface area contributed by atoms with Crippen LogP contribution in [-0.2, 0) is 9.53 Å². The van der Waals surface area contributed by atoms with Crippen molar-refractivity contribution < 1.29 is 9.53 Å². The fourth-order valence-corrected chi connectivity index (χ4v) is 3.96. The average molecular weight is 253 g/mol. The first-order valence-electron chi connectivity index (χ1n) is 7.29. The van der Waals surface area contributed by atoms with E-state index >= 15 is 0 Å². The highest BCUT2D eigenvalue weighted by atomic mass is 16.5. The van der Waals surface area contributed by atoms with E-state index in [0.717, 1.165) is 19.3 Å². The van der Waals surface area contributed by atoms with Crippen molar-refractivity contribution in [2.75, 3.05) is 0 Å². The molecule has 0 aromatic carbocycles. The van der Waals surface area contributed by atoms with E-state index in [1.165, 1.54) is 12.8 Å². The highest BCUT2D eigenvalue weighted by Gasteiger charge is 2.62. The lowest BCUT2D eigenvalue weighted by molar-refractivity contribution is -0.158. The van der Waals surface area contributed by atoms with Gasteiger partial charge in [0.25, 0.3) is 0 Å². The maximum absolute atomic E-state index is 12.0. The largest absolute Gasteiger partial charge is 0.461 e. The van der Waals surface area contributed by atoms with Crippen LogP contribution < -0.4 is 5.73 Å². The lowest BCUT2D eigenvalue weighted by Gasteiger charge is -2.38. The zero-order valence-corrected chi connectivity index (χ0v) is 12.2. The number of ether oxygens (including phenoxy) is 1. The quantitative estimate of drug-likeness (QED) is 0.784. The Hall–Kier alpha value is -0.570. The third-order valence-corrected chi connectivity index (χ3v) is 5.87. The van der Waals surface area contributed by atoms with E-state index in [9.17, 15) is 4.79 Å². The third kappa shape index (κ3) is 1.87. The SMILES string of the molecule is CCC[C@@H](N)C(=O)O[C@@H]1C[C@@H]2CC[C@@]1(C)C2(C)C. The first-order chi connectivity index (χ1) is 8.33. The first kappa shape index (κ1) is 13.9. The summed E-state index contributed by atoms with van der Waals surface area (Å²) < 4.78 is 5.73. The molecule has 0 aliphatic heterocycles. The molecule has 0 aromatic rings. The summed E-state index contributed by atoms with van der Waals surface area (Å²) in [5, 5.41) is 0. The lowest BCUT2D eigenvalue weighted by Crippen LogP contribution is -2.42. The number of carbonyl (C=O) groups is 1. The first-order valence-corrected chi connectivity index (χ1v) is 7.29. The van der Waals surface area contributed by atoms with Crippen molar-refractivity contribution in [2.45, 2.75) is 71.9 Å². The van der Waals surface area contributed by atoms with Crippen molar-refractivity contribution in [1.82, 2.24) is 0 Å². The van der Waals surface area contributed by atoms with Gasteiger partial charge in [-0.2, -0.15) is 0 Å². The van der Waals surface area contributed by atoms with Gasteiger partial charge in [0.2, 0.25) is 0 Å². The van der Waals surface area contributed by atoms with E-state index in [2.05, 4.69) is 20.8 Å². The molecule has 104 valence electrons. The standard InChI is InChI=1S/C15H27NO2/c1-5-6-11(16)13(17)18-12-9-10-7-8-15(12,4)14(10,2)3/h10-12H,5-9,16H2,1-4H3/t10-,11+,12+,15+/m0/s1. The topological polar surface area (TPSA) is 52.3 Å². The molecule has 0 amide bonds. The van der Waals surface area contributed by atoms with Gasteiger partial charge in [-0.15, -0.1) is 0 Å². The molecule has 3 heteroatoms. The highest BCUT2D eigenvalue weighted by Crippen LogP contribution is 2.66. The minimum absolute atomic E-state index is 0.0710. The molecule has 0 aromatic heterocycles. The van der Waals surface area contributed by atoms with Crippen LogP contribution in [0.4, 0.5) is 0 Å². The summed E-state index contributed by atoms with van der Waals surface area (Å²) in [4.78, 5) is 12.0. The molecule has 0 heterocycles. The van der Waals surface area contributed by atoms with Gasteiger partial charge in [0, 0.05) is 5.41 Å². The molecular weight excluding hydrogens is 226 g/mol. The molecule has 0 spiro atoms. The van der Waals surface area contributed by atoms with Crippen LogP contribution in [0.2, 0.25) is 0 Å². The van der Waals surface area contributed by atoms with Crippen LogP contribution in [0.5, 0.6) is 0 Å². The maximum Gasteiger partial charge on any atom is 0.323 e. The van der Waals surface area contributed by atoms with Crippen molar-refractivity contribution in [1.29, 1.82) is 0 Å². The molecule has 2 rings (SSSR count). The molecule has 2 saturated carbocycles. The Bertz CT molecular complexity index is 339. The van der Waals surface area contributed by atoms with Gasteiger partial charge in [0.05, 0.1) is 0 Å². The summed E-state index contributed by atoms with van der Waals surface area (Å²) in [7, 11) is 0. The Morgan fingerprint density at radius 1 is 1.44 bits per heavy atom. The Balaban J connectivity index is 2.03. The second-order valence-corrected chi connectivity index (χ2v) is 6.93. The number of hydrogen-bond acceptors (Lipinski definition) is 3. The monoisotopic (exact) mass is 253 g/mol. The smallest absolute Gasteiger partial charge is 0.323 e. The van der Waals surface area contributed by atoms with Gasteiger partial charge >= 0.3 is 5.97 Å². The zero-order chi connectivity index (χ0) is 13.6. The molecule has 2 N–H and O–H groups in total. The van der Waals surface area contributed by atoms with Crippen LogP contribution in [0.3, 0.4) is 0 Å². The predicted octanol–water partition coefficient (Wildman–Crippen LogP) is 2.87. The van der Waals surface area contributed by atoms with Crippen molar-refractivity contribution in [3.05, 3.63) is 0 Å². The van der Waals surface area contributed by atoms with Crippen LogP contribution in [0.1, 0.15) is 59.8 Å². The molecule has 0 radical (unpaired) electrons. The van der Waals surface area contributed by atoms with E-state index in [0.29, 0.717) is 5.92 Å². The molecule has 0 unspecified atom stereocenters. The predicted molar refractivity (Wildman–Crippen MR) is 72.0 cm³/mol. The van der Waals surface area contributed by atoms with E-state index in [4.69, 9.17) is 10.5 Å². The second-order valence-electron chi connectivity index (χ2n) is 6.93. The number of fused-ring (bicyclic) bond motifs is 2. The van der Waals surface area contributed by atoms with Crippen LogP contribution in [0.25, 0.3) is 0 Å². The number of nitrogens with two attached hydrogens (primary N) is 1. The van der Waals surface area contributed by atoms with Crippen molar-refractivity contribution in [3.63, 3.8) is 0 Å². The highest BCUT2D eigenvalue weighted by molar-refractivity contribution is 5.75. The van der Waals surface area contributed by atoms with Gasteiger partial charge in [-0.3, -0.25) is 4.79 Å². The third-order valence-electron chi connectivity index (χ3n) is 5.87. The average Bonchev–Trinajstić information content (AvgIpc) is 2.62. The van der Waals surface area contributed by atoms with E-state index in [1.807, 2.05) is 6.92 Å². The molecule has 2 bridgehead atoms. The fraction of sp³-hybridized carbons (Fsp3) is 0.933. The van der Waals surface area contributed by atoms with Gasteiger partial charge in [-0.25, -0.2) is 0 Å². The molecule has 18 heavy (non-hydrogen) atoms. The Kier molecular flexibility index (Phi) is 3.48. The molecule has 2 aliphatic rings. The van der Waals surface area contributed by atoms with E-state index < -0.39 is 6.04 Å². The van der Waals surface area contributed by atoms with Crippen molar-refractivity contribution in [2.24, 2.45) is 22.5 Å². The number of hydrogen-bond donors (Lipinski definition) is 1. The molecular formula is C15H27NO2. The van der Waals surface area contributed by atoms with E-state index in [1.54, 1.807) is 0 Å². The summed E-state index contributed by atoms with van der Waals surface area (Å²) in [5.74, 6) is 0.495. The number of esters is 1. The van der Waals surface area contributed by atoms with Crippen LogP contribution in [0.15, 0.2) is 0 Å². The van der Waals surface area contributed by atoms with Crippen molar-refractivity contribution in [3.8, 4) is 0 Å². The Labute approximate surface area is 110 Å².